The van der Waals surface area contributed by atoms with Gasteiger partial charge < -0.3 is 15.1 Å². The number of hydrogen-bond acceptors (Lipinski definition) is 5. The Morgan fingerprint density at radius 2 is 1.77 bits per heavy atom. The van der Waals surface area contributed by atoms with Crippen LogP contribution in [0, 0.1) is 18.7 Å². The van der Waals surface area contributed by atoms with Gasteiger partial charge in [-0.05, 0) is 55.3 Å². The van der Waals surface area contributed by atoms with E-state index in [4.69, 9.17) is 0 Å². The molecule has 2 amide bonds. The quantitative estimate of drug-likeness (QED) is 0.559. The highest BCUT2D eigenvalue weighted by Crippen LogP contribution is 2.25. The van der Waals surface area contributed by atoms with Crippen molar-refractivity contribution in [2.75, 3.05) is 54.8 Å². The average molecular weight is 503 g/mol. The monoisotopic (exact) mass is 502 g/mol. The van der Waals surface area contributed by atoms with Crippen LogP contribution in [0.25, 0.3) is 0 Å². The minimum atomic E-state index is -3.41. The van der Waals surface area contributed by atoms with E-state index in [1.54, 1.807) is 0 Å². The van der Waals surface area contributed by atoms with Crippen LogP contribution in [0.1, 0.15) is 18.4 Å². The number of halogens is 1. The minimum Gasteiger partial charge on any atom is -0.369 e. The predicted octanol–water partition coefficient (Wildman–Crippen LogP) is 2.15. The second kappa shape index (κ2) is 10.7. The third-order valence-corrected chi connectivity index (χ3v) is 8.47. The molecule has 1 atom stereocenters. The Bertz CT molecular complexity index is 1160. The molecule has 1 N–H and O–H groups in total. The van der Waals surface area contributed by atoms with Crippen LogP contribution in [0.5, 0.6) is 0 Å². The molecule has 188 valence electrons. The molecule has 1 unspecified atom stereocenters. The lowest BCUT2D eigenvalue weighted by Crippen LogP contribution is -2.49. The van der Waals surface area contributed by atoms with Crippen LogP contribution in [0.15, 0.2) is 48.5 Å². The third-order valence-electron chi connectivity index (χ3n) is 6.51. The van der Waals surface area contributed by atoms with E-state index in [0.29, 0.717) is 38.3 Å². The molecule has 2 aromatic carbocycles. The van der Waals surface area contributed by atoms with Crippen LogP contribution in [0.3, 0.4) is 0 Å². The van der Waals surface area contributed by atoms with Crippen molar-refractivity contribution in [3.05, 3.63) is 59.9 Å². The molecule has 35 heavy (non-hydrogen) atoms. The maximum atomic E-state index is 13.1. The summed E-state index contributed by atoms with van der Waals surface area (Å²) in [6.07, 6.45) is 0.376. The number of hydrogen-bond donors (Lipinski definition) is 1. The van der Waals surface area contributed by atoms with Crippen LogP contribution in [-0.2, 0) is 19.6 Å². The van der Waals surface area contributed by atoms with Crippen LogP contribution < -0.4 is 15.1 Å². The zero-order chi connectivity index (χ0) is 25.0. The van der Waals surface area contributed by atoms with Crippen molar-refractivity contribution in [1.82, 2.24) is 9.62 Å². The summed E-state index contributed by atoms with van der Waals surface area (Å²) < 4.78 is 40.2. The molecule has 2 aromatic rings. The number of amides is 2. The molecular formula is C25H31FN4O4S. The van der Waals surface area contributed by atoms with Gasteiger partial charge in [-0.25, -0.2) is 12.8 Å². The van der Waals surface area contributed by atoms with E-state index in [9.17, 15) is 22.4 Å². The number of piperazine rings is 1. The lowest BCUT2D eigenvalue weighted by atomic mass is 10.1. The van der Waals surface area contributed by atoms with E-state index in [-0.39, 0.29) is 37.1 Å². The highest BCUT2D eigenvalue weighted by molar-refractivity contribution is 7.89. The number of benzene rings is 2. The van der Waals surface area contributed by atoms with Crippen molar-refractivity contribution in [3.8, 4) is 0 Å². The fourth-order valence-corrected chi connectivity index (χ4v) is 6.03. The van der Waals surface area contributed by atoms with E-state index in [2.05, 4.69) is 16.3 Å². The van der Waals surface area contributed by atoms with Gasteiger partial charge in [0, 0.05) is 57.1 Å². The molecule has 2 saturated heterocycles. The first-order valence-electron chi connectivity index (χ1n) is 11.9. The number of carbonyl (C=O) groups excluding carboxylic acids is 2. The molecule has 10 heteroatoms. The molecule has 2 fully saturated rings. The van der Waals surface area contributed by atoms with Crippen LogP contribution in [0.4, 0.5) is 15.8 Å². The summed E-state index contributed by atoms with van der Waals surface area (Å²) in [7, 11) is -3.41. The summed E-state index contributed by atoms with van der Waals surface area (Å²) in [4.78, 5) is 28.5. The summed E-state index contributed by atoms with van der Waals surface area (Å²) in [5.41, 5.74) is 2.83. The number of nitrogens with one attached hydrogen (secondary N) is 1. The molecule has 2 heterocycles. The number of rotatable bonds is 8. The predicted molar refractivity (Wildman–Crippen MR) is 133 cm³/mol. The maximum absolute atomic E-state index is 13.1. The van der Waals surface area contributed by atoms with Crippen molar-refractivity contribution in [3.63, 3.8) is 0 Å². The highest BCUT2D eigenvalue weighted by atomic mass is 32.2. The highest BCUT2D eigenvalue weighted by Gasteiger charge is 2.35. The summed E-state index contributed by atoms with van der Waals surface area (Å²) >= 11 is 0. The Kier molecular flexibility index (Phi) is 7.71. The van der Waals surface area contributed by atoms with E-state index in [1.165, 1.54) is 39.0 Å². The van der Waals surface area contributed by atoms with E-state index < -0.39 is 21.8 Å². The first-order chi connectivity index (χ1) is 16.7. The fourth-order valence-electron chi connectivity index (χ4n) is 4.54. The summed E-state index contributed by atoms with van der Waals surface area (Å²) in [6.45, 7) is 4.63. The van der Waals surface area contributed by atoms with Gasteiger partial charge >= 0.3 is 0 Å². The minimum absolute atomic E-state index is 0.0387. The number of anilines is 2. The Morgan fingerprint density at radius 1 is 1.06 bits per heavy atom. The molecule has 0 saturated carbocycles. The normalized spacial score (nSPS) is 19.3. The van der Waals surface area contributed by atoms with Gasteiger partial charge in [0.15, 0.2) is 0 Å². The molecule has 0 aromatic heterocycles. The molecule has 8 nitrogen and oxygen atoms in total. The summed E-state index contributed by atoms with van der Waals surface area (Å²) in [5, 5.41) is 2.77. The van der Waals surface area contributed by atoms with Crippen LogP contribution in [-0.4, -0.2) is 69.6 Å². The molecule has 0 aliphatic carbocycles. The van der Waals surface area contributed by atoms with Crippen molar-refractivity contribution in [1.29, 1.82) is 0 Å². The Hall–Kier alpha value is -2.98. The Balaban J connectivity index is 1.19. The molecule has 4 rings (SSSR count). The van der Waals surface area contributed by atoms with Crippen molar-refractivity contribution in [2.45, 2.75) is 19.8 Å². The van der Waals surface area contributed by atoms with Gasteiger partial charge in [0.05, 0.1) is 11.7 Å². The second-order valence-electron chi connectivity index (χ2n) is 9.07. The maximum Gasteiger partial charge on any atom is 0.227 e. The smallest absolute Gasteiger partial charge is 0.227 e. The van der Waals surface area contributed by atoms with Crippen molar-refractivity contribution >= 4 is 33.2 Å². The van der Waals surface area contributed by atoms with E-state index >= 15 is 0 Å². The van der Waals surface area contributed by atoms with Gasteiger partial charge in [-0.15, -0.1) is 0 Å². The van der Waals surface area contributed by atoms with Gasteiger partial charge in [0.1, 0.15) is 5.82 Å². The largest absolute Gasteiger partial charge is 0.369 e. The average Bonchev–Trinajstić information content (AvgIpc) is 3.24. The number of sulfonamides is 1. The van der Waals surface area contributed by atoms with Gasteiger partial charge in [-0.1, -0.05) is 12.1 Å². The second-order valence-corrected chi connectivity index (χ2v) is 11.2. The van der Waals surface area contributed by atoms with Crippen molar-refractivity contribution < 1.29 is 22.4 Å². The van der Waals surface area contributed by atoms with Gasteiger partial charge in [-0.3, -0.25) is 9.59 Å². The number of nitrogens with zero attached hydrogens (tertiary/aromatic N) is 3. The Morgan fingerprint density at radius 3 is 2.46 bits per heavy atom. The van der Waals surface area contributed by atoms with Gasteiger partial charge in [0.25, 0.3) is 0 Å². The molecule has 0 bridgehead atoms. The van der Waals surface area contributed by atoms with E-state index in [0.717, 1.165) is 5.69 Å². The fraction of sp³-hybridized carbons (Fsp3) is 0.440. The summed E-state index contributed by atoms with van der Waals surface area (Å²) in [5.74, 6) is -1.41. The first kappa shape index (κ1) is 25.1. The summed E-state index contributed by atoms with van der Waals surface area (Å²) in [6, 6.07) is 13.8. The molecule has 0 radical (unpaired) electrons. The molecule has 0 spiro atoms. The van der Waals surface area contributed by atoms with Crippen LogP contribution in [0.2, 0.25) is 0 Å². The van der Waals surface area contributed by atoms with Gasteiger partial charge in [-0.2, -0.15) is 4.31 Å². The molecular weight excluding hydrogens is 471 g/mol. The Labute approximate surface area is 205 Å². The number of carbonyl (C=O) groups is 2. The third kappa shape index (κ3) is 6.18. The zero-order valence-corrected chi connectivity index (χ0v) is 20.6. The standard InChI is InChI=1S/C25H31FN4O4S/c1-19-4-2-5-23(16-19)28-11-13-29(14-12-28)35(33,34)15-3-10-27-25(32)20-17-24(31)30(18-20)22-8-6-21(26)7-9-22/h2,4-9,16,20H,3,10-15,17-18H2,1H3,(H,27,32). The zero-order valence-electron chi connectivity index (χ0n) is 19.8. The van der Waals surface area contributed by atoms with Gasteiger partial charge in [0.2, 0.25) is 21.8 Å². The lowest BCUT2D eigenvalue weighted by molar-refractivity contribution is -0.126. The topological polar surface area (TPSA) is 90.0 Å². The van der Waals surface area contributed by atoms with E-state index in [1.807, 2.05) is 25.1 Å². The molecule has 2 aliphatic heterocycles. The lowest BCUT2D eigenvalue weighted by Gasteiger charge is -2.35. The molecule has 2 aliphatic rings. The SMILES string of the molecule is Cc1cccc(N2CCN(S(=O)(=O)CCCNC(=O)C3CC(=O)N(c4ccc(F)cc4)C3)CC2)c1. The first-order valence-corrected chi connectivity index (χ1v) is 13.5. The van der Waals surface area contributed by atoms with Crippen molar-refractivity contribution in [2.24, 2.45) is 5.92 Å². The van der Waals surface area contributed by atoms with Crippen LogP contribution >= 0.6 is 0 Å². The number of aryl methyl sites for hydroxylation is 1.